The molecule has 0 aliphatic carbocycles. The molecule has 0 radical (unpaired) electrons. The summed E-state index contributed by atoms with van der Waals surface area (Å²) in [6.45, 7) is 4.22. The Labute approximate surface area is 152 Å². The van der Waals surface area contributed by atoms with E-state index in [9.17, 15) is 23.1 Å². The molecule has 0 aliphatic heterocycles. The highest BCUT2D eigenvalue weighted by molar-refractivity contribution is 7.92. The van der Waals surface area contributed by atoms with Crippen LogP contribution < -0.4 is 10.4 Å². The third-order valence-corrected chi connectivity index (χ3v) is 5.74. The average molecular weight is 374 g/mol. The molecule has 0 heterocycles. The topological polar surface area (TPSA) is 103 Å². The fourth-order valence-electron chi connectivity index (χ4n) is 2.39. The number of anilines is 1. The van der Waals surface area contributed by atoms with Crippen LogP contribution in [0.3, 0.4) is 0 Å². The Hall–Kier alpha value is -2.67. The van der Waals surface area contributed by atoms with Gasteiger partial charge in [-0.1, -0.05) is 26.0 Å². The van der Waals surface area contributed by atoms with Crippen LogP contribution in [0, 0.1) is 0 Å². The number of benzene rings is 2. The average Bonchev–Trinajstić information content (AvgIpc) is 2.60. The van der Waals surface area contributed by atoms with Crippen LogP contribution in [0.2, 0.25) is 0 Å². The second-order valence-corrected chi connectivity index (χ2v) is 8.03. The number of aliphatic carboxylic acids is 1. The molecule has 0 spiro atoms. The van der Waals surface area contributed by atoms with Crippen LogP contribution in [0.1, 0.15) is 42.1 Å². The van der Waals surface area contributed by atoms with Crippen molar-refractivity contribution in [2.45, 2.75) is 31.1 Å². The van der Waals surface area contributed by atoms with Crippen molar-refractivity contribution < 1.29 is 23.1 Å². The van der Waals surface area contributed by atoms with Crippen LogP contribution >= 0.6 is 0 Å². The van der Waals surface area contributed by atoms with Crippen LogP contribution in [0.4, 0.5) is 5.69 Å². The smallest absolute Gasteiger partial charge is 0.255 e. The molecule has 1 atom stereocenters. The van der Waals surface area contributed by atoms with Crippen LogP contribution in [0.25, 0.3) is 0 Å². The van der Waals surface area contributed by atoms with Gasteiger partial charge in [-0.3, -0.25) is 4.79 Å². The molecular formula is C19H20NO5S-. The number of carboxylic acid groups (broad SMARTS) is 1. The van der Waals surface area contributed by atoms with E-state index < -0.39 is 21.6 Å². The zero-order valence-corrected chi connectivity index (χ0v) is 15.4. The number of hydrogen-bond donors (Lipinski definition) is 1. The first-order valence-corrected chi connectivity index (χ1v) is 9.82. The zero-order valence-electron chi connectivity index (χ0n) is 14.6. The second-order valence-electron chi connectivity index (χ2n) is 6.04. The van der Waals surface area contributed by atoms with Crippen molar-refractivity contribution in [2.75, 3.05) is 11.1 Å². The second kappa shape index (κ2) is 8.14. The molecule has 1 amide bonds. The highest BCUT2D eigenvalue weighted by Gasteiger charge is 2.15. The van der Waals surface area contributed by atoms with E-state index in [1.165, 1.54) is 24.3 Å². The molecule has 26 heavy (non-hydrogen) atoms. The van der Waals surface area contributed by atoms with Crippen molar-refractivity contribution in [3.8, 4) is 0 Å². The molecule has 2 aromatic carbocycles. The van der Waals surface area contributed by atoms with Crippen molar-refractivity contribution >= 4 is 27.4 Å². The van der Waals surface area contributed by atoms with Crippen molar-refractivity contribution in [2.24, 2.45) is 0 Å². The molecule has 0 saturated heterocycles. The van der Waals surface area contributed by atoms with E-state index in [0.717, 1.165) is 12.0 Å². The minimum atomic E-state index is -3.95. The summed E-state index contributed by atoms with van der Waals surface area (Å²) in [5.74, 6) is -2.64. The summed E-state index contributed by atoms with van der Waals surface area (Å²) in [6, 6.07) is 12.6. The third-order valence-electron chi connectivity index (χ3n) is 4.13. The summed E-state index contributed by atoms with van der Waals surface area (Å²) in [4.78, 5) is 22.6. The first-order chi connectivity index (χ1) is 12.2. The summed E-state index contributed by atoms with van der Waals surface area (Å²) in [6.07, 6.45) is 1.01. The van der Waals surface area contributed by atoms with E-state index in [2.05, 4.69) is 19.2 Å². The van der Waals surface area contributed by atoms with Crippen molar-refractivity contribution in [3.05, 3.63) is 59.7 Å². The van der Waals surface area contributed by atoms with Gasteiger partial charge >= 0.3 is 0 Å². The van der Waals surface area contributed by atoms with Gasteiger partial charge in [-0.15, -0.1) is 0 Å². The Morgan fingerprint density at radius 1 is 1.04 bits per heavy atom. The summed E-state index contributed by atoms with van der Waals surface area (Å²) in [7, 11) is -3.95. The van der Waals surface area contributed by atoms with Crippen LogP contribution in [-0.4, -0.2) is 26.0 Å². The van der Waals surface area contributed by atoms with E-state index in [4.69, 9.17) is 0 Å². The van der Waals surface area contributed by atoms with Crippen molar-refractivity contribution in [3.63, 3.8) is 0 Å². The minimum Gasteiger partial charge on any atom is -0.549 e. The van der Waals surface area contributed by atoms with Gasteiger partial charge in [0.05, 0.1) is 16.6 Å². The molecule has 0 saturated carbocycles. The summed E-state index contributed by atoms with van der Waals surface area (Å²) >= 11 is 0. The van der Waals surface area contributed by atoms with Gasteiger partial charge in [0.1, 0.15) is 0 Å². The molecule has 138 valence electrons. The van der Waals surface area contributed by atoms with Crippen molar-refractivity contribution in [1.82, 2.24) is 0 Å². The normalized spacial score (nSPS) is 12.4. The standard InChI is InChI=1S/C19H21NO5S/c1-3-13(2)14-4-6-15(7-5-14)19(23)20-16-8-10-17(11-9-16)26(24,25)12-18(21)22/h4-11,13H,3,12H2,1-2H3,(H,20,23)(H,21,22)/p-1. The predicted octanol–water partition coefficient (Wildman–Crippen LogP) is 1.98. The minimum absolute atomic E-state index is 0.141. The molecule has 6 nitrogen and oxygen atoms in total. The fraction of sp³-hybridized carbons (Fsp3) is 0.263. The number of rotatable bonds is 7. The SMILES string of the molecule is CCC(C)c1ccc(C(=O)Nc2ccc(S(=O)(=O)CC(=O)[O-])cc2)cc1. The van der Waals surface area contributed by atoms with Gasteiger partial charge in [-0.25, -0.2) is 8.42 Å². The quantitative estimate of drug-likeness (QED) is 0.798. The van der Waals surface area contributed by atoms with E-state index in [1.54, 1.807) is 12.1 Å². The molecule has 0 aliphatic rings. The first-order valence-electron chi connectivity index (χ1n) is 8.17. The number of carbonyl (C=O) groups is 2. The summed E-state index contributed by atoms with van der Waals surface area (Å²) < 4.78 is 23.6. The highest BCUT2D eigenvalue weighted by Crippen LogP contribution is 2.20. The van der Waals surface area contributed by atoms with E-state index in [-0.39, 0.29) is 10.8 Å². The van der Waals surface area contributed by atoms with Gasteiger partial charge in [-0.2, -0.15) is 0 Å². The maximum absolute atomic E-state index is 12.3. The Balaban J connectivity index is 2.09. The summed E-state index contributed by atoms with van der Waals surface area (Å²) in [5.41, 5.74) is 2.06. The molecule has 2 rings (SSSR count). The molecule has 0 fully saturated rings. The Kier molecular flexibility index (Phi) is 6.15. The van der Waals surface area contributed by atoms with Gasteiger partial charge in [0.25, 0.3) is 5.91 Å². The Bertz CT molecular complexity index is 887. The molecule has 0 aromatic heterocycles. The fourth-order valence-corrected chi connectivity index (χ4v) is 3.41. The number of sulfone groups is 1. The van der Waals surface area contributed by atoms with Gasteiger partial charge in [0.2, 0.25) is 0 Å². The Morgan fingerprint density at radius 3 is 2.12 bits per heavy atom. The van der Waals surface area contributed by atoms with E-state index in [0.29, 0.717) is 17.2 Å². The molecule has 2 aromatic rings. The number of carbonyl (C=O) groups excluding carboxylic acids is 2. The maximum atomic E-state index is 12.3. The number of nitrogens with one attached hydrogen (secondary N) is 1. The van der Waals surface area contributed by atoms with E-state index >= 15 is 0 Å². The predicted molar refractivity (Wildman–Crippen MR) is 96.6 cm³/mol. The van der Waals surface area contributed by atoms with Crippen LogP contribution in [0.5, 0.6) is 0 Å². The monoisotopic (exact) mass is 374 g/mol. The number of hydrogen-bond acceptors (Lipinski definition) is 5. The highest BCUT2D eigenvalue weighted by atomic mass is 32.2. The molecule has 7 heteroatoms. The van der Waals surface area contributed by atoms with Crippen LogP contribution in [0.15, 0.2) is 53.4 Å². The van der Waals surface area contributed by atoms with Gasteiger partial charge in [-0.05, 0) is 54.3 Å². The number of amides is 1. The van der Waals surface area contributed by atoms with Gasteiger partial charge < -0.3 is 15.2 Å². The lowest BCUT2D eigenvalue weighted by molar-refractivity contribution is -0.301. The molecule has 1 N–H and O–H groups in total. The Morgan fingerprint density at radius 2 is 1.62 bits per heavy atom. The summed E-state index contributed by atoms with van der Waals surface area (Å²) in [5, 5.41) is 13.2. The zero-order chi connectivity index (χ0) is 19.3. The molecular weight excluding hydrogens is 354 g/mol. The lowest BCUT2D eigenvalue weighted by Gasteiger charge is -2.10. The molecule has 1 unspecified atom stereocenters. The lowest BCUT2D eigenvalue weighted by Crippen LogP contribution is -2.30. The number of carboxylic acids is 1. The lowest BCUT2D eigenvalue weighted by atomic mass is 9.97. The van der Waals surface area contributed by atoms with Gasteiger partial charge in [0.15, 0.2) is 9.84 Å². The largest absolute Gasteiger partial charge is 0.549 e. The van der Waals surface area contributed by atoms with E-state index in [1.807, 2.05) is 12.1 Å². The third kappa shape index (κ3) is 4.92. The molecule has 0 bridgehead atoms. The maximum Gasteiger partial charge on any atom is 0.255 e. The van der Waals surface area contributed by atoms with Crippen molar-refractivity contribution in [1.29, 1.82) is 0 Å². The van der Waals surface area contributed by atoms with Crippen LogP contribution in [-0.2, 0) is 14.6 Å². The van der Waals surface area contributed by atoms with Gasteiger partial charge in [0, 0.05) is 11.3 Å². The first kappa shape index (κ1) is 19.7.